The van der Waals surface area contributed by atoms with Gasteiger partial charge in [0, 0.05) is 0 Å². The van der Waals surface area contributed by atoms with Crippen LogP contribution in [0.1, 0.15) is 8.35 Å². The molecule has 0 spiro atoms. The zero-order valence-electron chi connectivity index (χ0n) is 6.09. The first-order valence-corrected chi connectivity index (χ1v) is 1.77. The standard InChI is InChI=1S/C2H7N.CH2O3.K.H/c1-2-3;2-1(3)4;;/h2-3H2,1H3;(H2,2,3,4);;/q;;+1;-1. The van der Waals surface area contributed by atoms with Gasteiger partial charge in [0.05, 0.1) is 0 Å². The SMILES string of the molecule is CCN.O=C(O)O.[H-].[K+]. The number of carbonyl (C=O) groups is 1. The molecular weight excluding hydrogens is 137 g/mol. The van der Waals surface area contributed by atoms with Gasteiger partial charge in [0.1, 0.15) is 0 Å². The fourth-order valence-electron chi connectivity index (χ4n) is 0. The van der Waals surface area contributed by atoms with E-state index < -0.39 is 6.16 Å². The summed E-state index contributed by atoms with van der Waals surface area (Å²) < 4.78 is 0. The average molecular weight is 147 g/mol. The van der Waals surface area contributed by atoms with E-state index >= 15 is 0 Å². The van der Waals surface area contributed by atoms with E-state index in [4.69, 9.17) is 20.7 Å². The number of nitrogens with two attached hydrogens (primary N) is 1. The Morgan fingerprint density at radius 3 is 1.75 bits per heavy atom. The van der Waals surface area contributed by atoms with Crippen LogP contribution in [0.15, 0.2) is 0 Å². The molecule has 46 valence electrons. The van der Waals surface area contributed by atoms with Crippen LogP contribution in [0.3, 0.4) is 0 Å². The molecule has 0 bridgehead atoms. The van der Waals surface area contributed by atoms with E-state index in [0.717, 1.165) is 6.54 Å². The van der Waals surface area contributed by atoms with Gasteiger partial charge in [-0.25, -0.2) is 4.79 Å². The van der Waals surface area contributed by atoms with E-state index in [-0.39, 0.29) is 52.8 Å². The van der Waals surface area contributed by atoms with Crippen molar-refractivity contribution in [3.05, 3.63) is 0 Å². The minimum absolute atomic E-state index is 0. The van der Waals surface area contributed by atoms with E-state index in [9.17, 15) is 0 Å². The smallest absolute Gasteiger partial charge is 1.00 e. The summed E-state index contributed by atoms with van der Waals surface area (Å²) in [6.07, 6.45) is -1.83. The monoisotopic (exact) mass is 147 g/mol. The van der Waals surface area contributed by atoms with E-state index in [2.05, 4.69) is 0 Å². The van der Waals surface area contributed by atoms with Crippen molar-refractivity contribution in [2.24, 2.45) is 5.73 Å². The van der Waals surface area contributed by atoms with Crippen LogP contribution in [-0.2, 0) is 0 Å². The third-order valence-corrected chi connectivity index (χ3v) is 0. The summed E-state index contributed by atoms with van der Waals surface area (Å²) >= 11 is 0. The van der Waals surface area contributed by atoms with Crippen LogP contribution in [0.5, 0.6) is 0 Å². The van der Waals surface area contributed by atoms with Crippen molar-refractivity contribution in [1.82, 2.24) is 0 Å². The molecule has 0 aromatic carbocycles. The summed E-state index contributed by atoms with van der Waals surface area (Å²) in [5.41, 5.74) is 4.85. The van der Waals surface area contributed by atoms with Gasteiger partial charge in [-0.15, -0.1) is 0 Å². The van der Waals surface area contributed by atoms with Crippen LogP contribution in [0.2, 0.25) is 0 Å². The molecule has 0 radical (unpaired) electrons. The summed E-state index contributed by atoms with van der Waals surface area (Å²) in [4.78, 5) is 8.56. The normalized spacial score (nSPS) is 5.25. The molecule has 0 fully saturated rings. The Balaban J connectivity index is -0.0000000233. The summed E-state index contributed by atoms with van der Waals surface area (Å²) in [7, 11) is 0. The van der Waals surface area contributed by atoms with Crippen LogP contribution < -0.4 is 57.1 Å². The number of rotatable bonds is 0. The Labute approximate surface area is 92.0 Å². The van der Waals surface area contributed by atoms with Gasteiger partial charge >= 0.3 is 57.5 Å². The fraction of sp³-hybridized carbons (Fsp3) is 0.667. The Hall–Kier alpha value is 0.866. The summed E-state index contributed by atoms with van der Waals surface area (Å²) in [6.45, 7) is 2.65. The second kappa shape index (κ2) is 15.7. The summed E-state index contributed by atoms with van der Waals surface area (Å²) in [5.74, 6) is 0. The first kappa shape index (κ1) is 15.9. The van der Waals surface area contributed by atoms with Gasteiger partial charge in [-0.2, -0.15) is 0 Å². The van der Waals surface area contributed by atoms with E-state index in [1.807, 2.05) is 6.92 Å². The van der Waals surface area contributed by atoms with E-state index in [1.165, 1.54) is 0 Å². The second-order valence-corrected chi connectivity index (χ2v) is 0.691. The Morgan fingerprint density at radius 2 is 1.75 bits per heavy atom. The number of hydrogen-bond donors (Lipinski definition) is 3. The fourth-order valence-corrected chi connectivity index (χ4v) is 0. The van der Waals surface area contributed by atoms with Crippen molar-refractivity contribution in [3.63, 3.8) is 0 Å². The third kappa shape index (κ3) is 315. The van der Waals surface area contributed by atoms with Crippen LogP contribution in [0.4, 0.5) is 4.79 Å². The predicted octanol–water partition coefficient (Wildman–Crippen LogP) is -2.70. The van der Waals surface area contributed by atoms with E-state index in [1.54, 1.807) is 0 Å². The third-order valence-electron chi connectivity index (χ3n) is 0. The quantitative estimate of drug-likeness (QED) is 0.326. The maximum atomic E-state index is 8.56. The Kier molecular flexibility index (Phi) is 31.2. The predicted molar refractivity (Wildman–Crippen MR) is 26.5 cm³/mol. The summed E-state index contributed by atoms with van der Waals surface area (Å²) in [5, 5.41) is 13.9. The molecule has 0 saturated heterocycles. The van der Waals surface area contributed by atoms with E-state index in [0.29, 0.717) is 0 Å². The molecule has 5 heteroatoms. The van der Waals surface area contributed by atoms with Gasteiger partial charge < -0.3 is 17.4 Å². The Morgan fingerprint density at radius 1 is 1.75 bits per heavy atom. The minimum atomic E-state index is -1.83. The molecule has 0 aliphatic carbocycles. The molecular formula is C3H10KNO3. The molecule has 0 atom stereocenters. The van der Waals surface area contributed by atoms with Crippen molar-refractivity contribution in [1.29, 1.82) is 0 Å². The minimum Gasteiger partial charge on any atom is -1.00 e. The first-order chi connectivity index (χ1) is 3.15. The van der Waals surface area contributed by atoms with Crippen molar-refractivity contribution in [3.8, 4) is 0 Å². The van der Waals surface area contributed by atoms with Crippen molar-refractivity contribution in [2.75, 3.05) is 6.54 Å². The molecule has 4 N–H and O–H groups in total. The van der Waals surface area contributed by atoms with Crippen LogP contribution in [0.25, 0.3) is 0 Å². The van der Waals surface area contributed by atoms with Crippen LogP contribution >= 0.6 is 0 Å². The maximum absolute atomic E-state index is 8.56. The molecule has 0 aromatic heterocycles. The average Bonchev–Trinajstić information content (AvgIpc) is 1.33. The van der Waals surface area contributed by atoms with Crippen molar-refractivity contribution in [2.45, 2.75) is 6.92 Å². The molecule has 0 rings (SSSR count). The molecule has 0 saturated carbocycles. The van der Waals surface area contributed by atoms with Crippen molar-refractivity contribution >= 4 is 6.16 Å². The molecule has 4 nitrogen and oxygen atoms in total. The topological polar surface area (TPSA) is 83.6 Å². The number of hydrogen-bond acceptors (Lipinski definition) is 2. The molecule has 0 aliphatic heterocycles. The number of carboxylic acid groups (broad SMARTS) is 2. The molecule has 0 unspecified atom stereocenters. The van der Waals surface area contributed by atoms with Gasteiger partial charge in [-0.3, -0.25) is 0 Å². The second-order valence-electron chi connectivity index (χ2n) is 0.691. The molecule has 0 aliphatic rings. The zero-order chi connectivity index (χ0) is 6.28. The van der Waals surface area contributed by atoms with Gasteiger partial charge in [0.25, 0.3) is 0 Å². The van der Waals surface area contributed by atoms with Gasteiger partial charge in [0.2, 0.25) is 0 Å². The van der Waals surface area contributed by atoms with Gasteiger partial charge in [-0.1, -0.05) is 6.92 Å². The molecule has 0 heterocycles. The maximum Gasteiger partial charge on any atom is 1.00 e. The Bertz CT molecular complexity index is 50.3. The first-order valence-electron chi connectivity index (χ1n) is 1.77. The summed E-state index contributed by atoms with van der Waals surface area (Å²) in [6, 6.07) is 0. The van der Waals surface area contributed by atoms with Crippen molar-refractivity contribution < 1.29 is 67.8 Å². The van der Waals surface area contributed by atoms with Crippen LogP contribution in [0, 0.1) is 0 Å². The van der Waals surface area contributed by atoms with Gasteiger partial charge in [-0.05, 0) is 6.54 Å². The van der Waals surface area contributed by atoms with Gasteiger partial charge in [0.15, 0.2) is 0 Å². The molecule has 0 aromatic rings. The largest absolute Gasteiger partial charge is 1.00 e. The zero-order valence-corrected chi connectivity index (χ0v) is 8.21. The molecule has 8 heavy (non-hydrogen) atoms. The molecule has 0 amide bonds. The van der Waals surface area contributed by atoms with Crippen LogP contribution in [-0.4, -0.2) is 22.9 Å².